The van der Waals surface area contributed by atoms with Crippen molar-refractivity contribution in [2.75, 3.05) is 17.3 Å². The zero-order valence-corrected chi connectivity index (χ0v) is 21.4. The molecule has 3 aromatic rings. The first-order chi connectivity index (χ1) is 17.3. The molecule has 1 amide bonds. The number of anilines is 2. The Morgan fingerprint density at radius 3 is 2.11 bits per heavy atom. The van der Waals surface area contributed by atoms with Gasteiger partial charge in [0.15, 0.2) is 22.5 Å². The Morgan fingerprint density at radius 1 is 0.919 bits per heavy atom. The summed E-state index contributed by atoms with van der Waals surface area (Å²) in [5.74, 6) is -0.653. The summed E-state index contributed by atoms with van der Waals surface area (Å²) < 4.78 is 64.9. The zero-order valence-electron chi connectivity index (χ0n) is 19.0. The van der Waals surface area contributed by atoms with Crippen LogP contribution >= 0.6 is 11.8 Å². The molecule has 0 aliphatic heterocycles. The predicted octanol–water partition coefficient (Wildman–Crippen LogP) is 4.06. The number of amides is 1. The molecule has 194 valence electrons. The van der Waals surface area contributed by atoms with E-state index in [-0.39, 0.29) is 44.4 Å². The molecule has 0 atom stereocenters. The fraction of sp³-hybridized carbons (Fsp3) is 0.105. The lowest BCUT2D eigenvalue weighted by molar-refractivity contribution is -0.114. The Labute approximate surface area is 214 Å². The number of nitrogens with one attached hydrogen (secondary N) is 1. The summed E-state index contributed by atoms with van der Waals surface area (Å²) in [7, 11) is -9.18. The summed E-state index contributed by atoms with van der Waals surface area (Å²) in [6.07, 6.45) is 1.69. The van der Waals surface area contributed by atoms with Crippen LogP contribution in [0, 0.1) is 0 Å². The molecule has 0 aliphatic carbocycles. The van der Waals surface area contributed by atoms with E-state index in [2.05, 4.69) is 35.7 Å². The third-order valence-corrected chi connectivity index (χ3v) is 6.56. The number of hydrogen-bond acceptors (Lipinski definition) is 13. The number of hydrogen-bond donors (Lipinski definition) is 4. The maximum Gasteiger partial charge on any atom is 0.296 e. The molecule has 15 nitrogen and oxygen atoms in total. The van der Waals surface area contributed by atoms with Crippen LogP contribution in [0.1, 0.15) is 6.92 Å². The number of rotatable bonds is 8. The van der Waals surface area contributed by atoms with Crippen LogP contribution in [0.2, 0.25) is 0 Å². The van der Waals surface area contributed by atoms with Crippen LogP contribution in [0.5, 0.6) is 0 Å². The van der Waals surface area contributed by atoms with Gasteiger partial charge in [-0.05, 0) is 48.7 Å². The molecule has 1 aromatic heterocycles. The Balaban J connectivity index is 1.98. The maximum absolute atomic E-state index is 12.0. The van der Waals surface area contributed by atoms with E-state index in [1.807, 2.05) is 0 Å². The van der Waals surface area contributed by atoms with Crippen LogP contribution in [0.15, 0.2) is 77.9 Å². The fourth-order valence-corrected chi connectivity index (χ4v) is 4.15. The van der Waals surface area contributed by atoms with E-state index in [1.54, 1.807) is 6.26 Å². The highest BCUT2D eigenvalue weighted by atomic mass is 32.2. The second-order valence-corrected chi connectivity index (χ2v) is 10.6. The average molecular weight is 567 g/mol. The van der Waals surface area contributed by atoms with Crippen LogP contribution in [0.4, 0.5) is 34.4 Å². The van der Waals surface area contributed by atoms with E-state index in [0.717, 1.165) is 30.0 Å². The monoisotopic (exact) mass is 566 g/mol. The van der Waals surface area contributed by atoms with Gasteiger partial charge in [0.05, 0.1) is 16.3 Å². The Kier molecular flexibility index (Phi) is 8.28. The Morgan fingerprint density at radius 2 is 1.54 bits per heavy atom. The summed E-state index contributed by atoms with van der Waals surface area (Å²) in [6, 6.07) is 8.23. The van der Waals surface area contributed by atoms with Crippen molar-refractivity contribution in [3.63, 3.8) is 0 Å². The van der Waals surface area contributed by atoms with Gasteiger partial charge in [0.25, 0.3) is 20.2 Å². The van der Waals surface area contributed by atoms with Crippen molar-refractivity contribution in [1.82, 2.24) is 9.97 Å². The second-order valence-electron chi connectivity index (χ2n) is 6.97. The minimum absolute atomic E-state index is 0.00321. The Bertz CT molecular complexity index is 1620. The molecule has 0 fully saturated rings. The number of azo groups is 2. The molecule has 0 spiro atoms. The average Bonchev–Trinajstić information content (AvgIpc) is 2.81. The molecule has 37 heavy (non-hydrogen) atoms. The zero-order chi connectivity index (χ0) is 27.4. The van der Waals surface area contributed by atoms with Crippen molar-refractivity contribution in [3.05, 3.63) is 42.5 Å². The van der Waals surface area contributed by atoms with Crippen molar-refractivity contribution in [2.24, 2.45) is 20.5 Å². The smallest absolute Gasteiger partial charge is 0.296 e. The van der Waals surface area contributed by atoms with Crippen molar-refractivity contribution in [1.29, 1.82) is 0 Å². The topological polar surface area (TPSA) is 239 Å². The molecule has 0 saturated carbocycles. The highest BCUT2D eigenvalue weighted by Crippen LogP contribution is 2.35. The molecular weight excluding hydrogens is 548 g/mol. The van der Waals surface area contributed by atoms with Gasteiger partial charge in [-0.25, -0.2) is 9.97 Å². The minimum atomic E-state index is -4.80. The fourth-order valence-electron chi connectivity index (χ4n) is 2.65. The van der Waals surface area contributed by atoms with Gasteiger partial charge in [-0.1, -0.05) is 11.8 Å². The second kappa shape index (κ2) is 11.0. The maximum atomic E-state index is 12.0. The van der Waals surface area contributed by atoms with Crippen molar-refractivity contribution in [2.45, 2.75) is 21.9 Å². The standard InChI is InChI=1S/C19H18N8O7S3/c1-10(28)21-18-16(17(20)22-19(23-18)35-2)27-26-14-8-5-12(9-15(14)37(32,33)34)25-24-11-3-6-13(7-4-11)36(29,30)31/h3-9H,1-2H3,(H,29,30,31)(H,32,33,34)(H3,20,21,22,23,28). The number of nitrogen functional groups attached to an aromatic ring is 1. The van der Waals surface area contributed by atoms with Gasteiger partial charge in [-0.3, -0.25) is 13.9 Å². The molecule has 2 aromatic carbocycles. The summed E-state index contributed by atoms with van der Waals surface area (Å²) in [5, 5.41) is 18.1. The van der Waals surface area contributed by atoms with Gasteiger partial charge in [-0.2, -0.15) is 27.1 Å². The third-order valence-electron chi connectivity index (χ3n) is 4.26. The lowest BCUT2D eigenvalue weighted by Gasteiger charge is -2.08. The van der Waals surface area contributed by atoms with Crippen LogP contribution in [-0.2, 0) is 25.0 Å². The number of carbonyl (C=O) groups is 1. The van der Waals surface area contributed by atoms with Gasteiger partial charge < -0.3 is 11.1 Å². The van der Waals surface area contributed by atoms with Crippen LogP contribution in [0.3, 0.4) is 0 Å². The SMILES string of the molecule is CSc1nc(N)c(N=Nc2ccc(N=Nc3ccc(S(=O)(=O)O)cc3)cc2S(=O)(=O)O)c(NC(C)=O)n1. The number of nitrogens with two attached hydrogens (primary N) is 1. The first kappa shape index (κ1) is 27.7. The van der Waals surface area contributed by atoms with Gasteiger partial charge in [0.2, 0.25) is 5.91 Å². The van der Waals surface area contributed by atoms with Crippen molar-refractivity contribution >= 4 is 72.3 Å². The minimum Gasteiger partial charge on any atom is -0.382 e. The lowest BCUT2D eigenvalue weighted by atomic mass is 10.3. The summed E-state index contributed by atoms with van der Waals surface area (Å²) in [5.41, 5.74) is 5.67. The van der Waals surface area contributed by atoms with E-state index in [1.165, 1.54) is 31.2 Å². The molecule has 0 radical (unpaired) electrons. The number of benzene rings is 2. The van der Waals surface area contributed by atoms with Crippen LogP contribution in [0.25, 0.3) is 0 Å². The van der Waals surface area contributed by atoms with E-state index in [0.29, 0.717) is 0 Å². The first-order valence-electron chi connectivity index (χ1n) is 9.79. The highest BCUT2D eigenvalue weighted by molar-refractivity contribution is 7.98. The van der Waals surface area contributed by atoms with E-state index >= 15 is 0 Å². The molecule has 5 N–H and O–H groups in total. The number of carbonyl (C=O) groups excluding carboxylic acids is 1. The van der Waals surface area contributed by atoms with Gasteiger partial charge in [-0.15, -0.1) is 10.2 Å². The molecule has 1 heterocycles. The first-order valence-corrected chi connectivity index (χ1v) is 13.9. The molecule has 0 saturated heterocycles. The van der Waals surface area contributed by atoms with Gasteiger partial charge >= 0.3 is 0 Å². The van der Waals surface area contributed by atoms with E-state index in [9.17, 15) is 26.2 Å². The van der Waals surface area contributed by atoms with E-state index in [4.69, 9.17) is 10.3 Å². The summed E-state index contributed by atoms with van der Waals surface area (Å²) in [4.78, 5) is 18.7. The Hall–Kier alpha value is -3.84. The molecule has 3 rings (SSSR count). The molecule has 0 unspecified atom stereocenters. The molecule has 18 heteroatoms. The molecule has 0 bridgehead atoms. The van der Waals surface area contributed by atoms with Crippen LogP contribution < -0.4 is 11.1 Å². The number of thioether (sulfide) groups is 1. The van der Waals surface area contributed by atoms with Crippen LogP contribution in [-0.4, -0.2) is 48.1 Å². The summed E-state index contributed by atoms with van der Waals surface area (Å²) >= 11 is 1.16. The van der Waals surface area contributed by atoms with Gasteiger partial charge in [0, 0.05) is 6.92 Å². The van der Waals surface area contributed by atoms with Crippen molar-refractivity contribution < 1.29 is 30.7 Å². The normalized spacial score (nSPS) is 12.3. The highest BCUT2D eigenvalue weighted by Gasteiger charge is 2.18. The number of aromatic nitrogens is 2. The largest absolute Gasteiger partial charge is 0.382 e. The molecular formula is C19H18N8O7S3. The third kappa shape index (κ3) is 7.33. The summed E-state index contributed by atoms with van der Waals surface area (Å²) in [6.45, 7) is 1.24. The van der Waals surface area contributed by atoms with E-state index < -0.39 is 31.0 Å². The predicted molar refractivity (Wildman–Crippen MR) is 133 cm³/mol. The van der Waals surface area contributed by atoms with Crippen molar-refractivity contribution in [3.8, 4) is 0 Å². The van der Waals surface area contributed by atoms with Gasteiger partial charge in [0.1, 0.15) is 10.6 Å². The quantitative estimate of drug-likeness (QED) is 0.131. The number of nitrogens with zero attached hydrogens (tertiary/aromatic N) is 6. The lowest BCUT2D eigenvalue weighted by Crippen LogP contribution is -2.10. The molecule has 0 aliphatic rings.